The predicted octanol–water partition coefficient (Wildman–Crippen LogP) is 0.335. The Bertz CT molecular complexity index is 479. The normalized spacial score (nSPS) is 11.3. The van der Waals surface area contributed by atoms with Crippen LogP contribution in [0.2, 0.25) is 0 Å². The number of carbonyl (C=O) groups is 1. The topological polar surface area (TPSA) is 105 Å². The zero-order valence-corrected chi connectivity index (χ0v) is 7.95. The Labute approximate surface area is 80.0 Å². The van der Waals surface area contributed by atoms with Crippen LogP contribution in [0.25, 0.3) is 0 Å². The molecular formula is C7H7NO5S. The van der Waals surface area contributed by atoms with Gasteiger partial charge in [-0.15, -0.1) is 0 Å². The molecule has 14 heavy (non-hydrogen) atoms. The van der Waals surface area contributed by atoms with E-state index in [1.165, 1.54) is 13.0 Å². The molecule has 1 aromatic rings. The van der Waals surface area contributed by atoms with Crippen molar-refractivity contribution in [3.05, 3.63) is 23.4 Å². The molecule has 0 saturated carbocycles. The third-order valence-electron chi connectivity index (χ3n) is 1.47. The van der Waals surface area contributed by atoms with Gasteiger partial charge in [-0.25, -0.2) is 9.78 Å². The first-order valence-electron chi connectivity index (χ1n) is 3.51. The maximum absolute atomic E-state index is 10.7. The fourth-order valence-electron chi connectivity index (χ4n) is 0.892. The minimum Gasteiger partial charge on any atom is -0.478 e. The van der Waals surface area contributed by atoms with Gasteiger partial charge in [0.15, 0.2) is 5.03 Å². The molecule has 0 aliphatic rings. The van der Waals surface area contributed by atoms with E-state index >= 15 is 0 Å². The van der Waals surface area contributed by atoms with Crippen LogP contribution in [0.4, 0.5) is 0 Å². The molecule has 1 rings (SSSR count). The highest BCUT2D eigenvalue weighted by Gasteiger charge is 2.21. The Morgan fingerprint density at radius 3 is 2.43 bits per heavy atom. The van der Waals surface area contributed by atoms with Gasteiger partial charge in [-0.3, -0.25) is 4.55 Å². The molecule has 0 aliphatic heterocycles. The van der Waals surface area contributed by atoms with E-state index in [9.17, 15) is 13.2 Å². The number of rotatable bonds is 2. The van der Waals surface area contributed by atoms with E-state index in [1.54, 1.807) is 0 Å². The highest BCUT2D eigenvalue weighted by Crippen LogP contribution is 2.13. The largest absolute Gasteiger partial charge is 0.478 e. The maximum Gasteiger partial charge on any atom is 0.338 e. The van der Waals surface area contributed by atoms with Crippen molar-refractivity contribution in [2.75, 3.05) is 0 Å². The van der Waals surface area contributed by atoms with Gasteiger partial charge in [0.2, 0.25) is 0 Å². The van der Waals surface area contributed by atoms with Gasteiger partial charge in [-0.2, -0.15) is 8.42 Å². The number of nitrogens with zero attached hydrogens (tertiary/aromatic N) is 1. The van der Waals surface area contributed by atoms with Gasteiger partial charge < -0.3 is 5.11 Å². The smallest absolute Gasteiger partial charge is 0.338 e. The van der Waals surface area contributed by atoms with Gasteiger partial charge in [0.25, 0.3) is 0 Å². The molecule has 0 atom stereocenters. The number of carboxylic acids is 1. The summed E-state index contributed by atoms with van der Waals surface area (Å²) in [5, 5.41) is 7.78. The third-order valence-corrected chi connectivity index (χ3v) is 2.27. The molecule has 0 bridgehead atoms. The molecule has 6 nitrogen and oxygen atoms in total. The highest BCUT2D eigenvalue weighted by atomic mass is 32.2. The Hall–Kier alpha value is -1.47. The zero-order chi connectivity index (χ0) is 10.9. The summed E-state index contributed by atoms with van der Waals surface area (Å²) in [5.41, 5.74) is -0.235. The molecule has 76 valence electrons. The lowest BCUT2D eigenvalue weighted by Gasteiger charge is -2.02. The number of aromatic carboxylic acids is 1. The second-order valence-corrected chi connectivity index (χ2v) is 3.92. The highest BCUT2D eigenvalue weighted by molar-refractivity contribution is 7.85. The first-order chi connectivity index (χ1) is 6.32. The van der Waals surface area contributed by atoms with Crippen LogP contribution < -0.4 is 0 Å². The summed E-state index contributed by atoms with van der Waals surface area (Å²) < 4.78 is 30.2. The fraction of sp³-hybridized carbons (Fsp3) is 0.143. The van der Waals surface area contributed by atoms with E-state index in [4.69, 9.17) is 9.66 Å². The van der Waals surface area contributed by atoms with Crippen molar-refractivity contribution >= 4 is 16.1 Å². The van der Waals surface area contributed by atoms with Gasteiger partial charge in [0.1, 0.15) is 0 Å². The van der Waals surface area contributed by atoms with Crippen LogP contribution >= 0.6 is 0 Å². The molecule has 2 N–H and O–H groups in total. The zero-order valence-electron chi connectivity index (χ0n) is 7.13. The van der Waals surface area contributed by atoms with Crippen LogP contribution in [0.5, 0.6) is 0 Å². The van der Waals surface area contributed by atoms with Crippen molar-refractivity contribution in [3.8, 4) is 0 Å². The molecule has 1 heterocycles. The molecular weight excluding hydrogens is 210 g/mol. The minimum atomic E-state index is -4.59. The van der Waals surface area contributed by atoms with Crippen LogP contribution in [-0.2, 0) is 10.1 Å². The van der Waals surface area contributed by atoms with Crippen LogP contribution in [0, 0.1) is 6.92 Å². The first-order valence-corrected chi connectivity index (χ1v) is 4.95. The van der Waals surface area contributed by atoms with Gasteiger partial charge in [0, 0.05) is 5.69 Å². The molecule has 0 aliphatic carbocycles. The van der Waals surface area contributed by atoms with E-state index in [2.05, 4.69) is 4.98 Å². The van der Waals surface area contributed by atoms with Crippen LogP contribution in [-0.4, -0.2) is 29.0 Å². The maximum atomic E-state index is 10.7. The Morgan fingerprint density at radius 2 is 2.00 bits per heavy atom. The SMILES string of the molecule is Cc1ccc(C(=O)O)c(S(=O)(=O)O)n1. The van der Waals surface area contributed by atoms with Gasteiger partial charge in [-0.05, 0) is 19.1 Å². The monoisotopic (exact) mass is 217 g/mol. The fourth-order valence-corrected chi connectivity index (χ4v) is 1.58. The molecule has 0 amide bonds. The molecule has 0 unspecified atom stereocenters. The van der Waals surface area contributed by atoms with E-state index in [-0.39, 0.29) is 0 Å². The van der Waals surface area contributed by atoms with Crippen molar-refractivity contribution in [2.45, 2.75) is 11.9 Å². The minimum absolute atomic E-state index is 0.308. The van der Waals surface area contributed by atoms with Gasteiger partial charge >= 0.3 is 16.1 Å². The Balaban J connectivity index is 3.54. The van der Waals surface area contributed by atoms with Gasteiger partial charge in [-0.1, -0.05) is 0 Å². The predicted molar refractivity (Wildman–Crippen MR) is 45.7 cm³/mol. The first kappa shape index (κ1) is 10.6. The van der Waals surface area contributed by atoms with E-state index in [0.717, 1.165) is 6.07 Å². The molecule has 0 aromatic carbocycles. The number of pyridine rings is 1. The Morgan fingerprint density at radius 1 is 1.43 bits per heavy atom. The van der Waals surface area contributed by atoms with Crippen LogP contribution in [0.1, 0.15) is 16.1 Å². The molecule has 1 aromatic heterocycles. The lowest BCUT2D eigenvalue weighted by atomic mass is 10.2. The van der Waals surface area contributed by atoms with E-state index in [0.29, 0.717) is 5.69 Å². The summed E-state index contributed by atoms with van der Waals surface area (Å²) in [5.74, 6) is -1.45. The quantitative estimate of drug-likeness (QED) is 0.692. The summed E-state index contributed by atoms with van der Waals surface area (Å²) in [7, 11) is -4.59. The number of hydrogen-bond acceptors (Lipinski definition) is 4. The summed E-state index contributed by atoms with van der Waals surface area (Å²) >= 11 is 0. The van der Waals surface area contributed by atoms with Crippen molar-refractivity contribution in [3.63, 3.8) is 0 Å². The number of aryl methyl sites for hydroxylation is 1. The molecule has 0 spiro atoms. The van der Waals surface area contributed by atoms with Crippen LogP contribution in [0.15, 0.2) is 17.2 Å². The average Bonchev–Trinajstić information content (AvgIpc) is 2.01. The van der Waals surface area contributed by atoms with Crippen molar-refractivity contribution in [2.24, 2.45) is 0 Å². The van der Waals surface area contributed by atoms with Crippen molar-refractivity contribution < 1.29 is 22.9 Å². The molecule has 0 radical (unpaired) electrons. The Kier molecular flexibility index (Phi) is 2.54. The van der Waals surface area contributed by atoms with Gasteiger partial charge in [0.05, 0.1) is 5.56 Å². The molecule has 0 fully saturated rings. The van der Waals surface area contributed by atoms with E-state index in [1.807, 2.05) is 0 Å². The lowest BCUT2D eigenvalue weighted by Crippen LogP contribution is -2.11. The standard InChI is InChI=1S/C7H7NO5S/c1-4-2-3-5(7(9)10)6(8-4)14(11,12)13/h2-3H,1H3,(H,9,10)(H,11,12,13). The number of carboxylic acid groups (broad SMARTS) is 1. The summed E-state index contributed by atoms with van der Waals surface area (Å²) in [4.78, 5) is 14.0. The third kappa shape index (κ3) is 2.06. The average molecular weight is 217 g/mol. The lowest BCUT2D eigenvalue weighted by molar-refractivity contribution is 0.0691. The number of aromatic nitrogens is 1. The summed E-state index contributed by atoms with van der Waals surface area (Å²) in [6.45, 7) is 1.49. The number of hydrogen-bond donors (Lipinski definition) is 2. The molecule has 0 saturated heterocycles. The van der Waals surface area contributed by atoms with Crippen LogP contribution in [0.3, 0.4) is 0 Å². The summed E-state index contributed by atoms with van der Waals surface area (Å²) in [6.07, 6.45) is 0. The second kappa shape index (κ2) is 3.35. The molecule has 7 heteroatoms. The van der Waals surface area contributed by atoms with Crippen molar-refractivity contribution in [1.82, 2.24) is 4.98 Å². The van der Waals surface area contributed by atoms with E-state index < -0.39 is 26.7 Å². The summed E-state index contributed by atoms with van der Waals surface area (Å²) in [6, 6.07) is 2.42. The van der Waals surface area contributed by atoms with Crippen molar-refractivity contribution in [1.29, 1.82) is 0 Å². The second-order valence-electron chi connectivity index (χ2n) is 2.59.